The van der Waals surface area contributed by atoms with Gasteiger partial charge in [-0.05, 0) is 30.0 Å². The zero-order chi connectivity index (χ0) is 19.5. The van der Waals surface area contributed by atoms with Crippen LogP contribution in [-0.4, -0.2) is 43.6 Å². The Bertz CT molecular complexity index is 980. The van der Waals surface area contributed by atoms with E-state index >= 15 is 0 Å². The van der Waals surface area contributed by atoms with Crippen LogP contribution in [0.1, 0.15) is 31.6 Å². The largest absolute Gasteiger partial charge is 0.463 e. The lowest BCUT2D eigenvalue weighted by atomic mass is 10.2. The van der Waals surface area contributed by atoms with Gasteiger partial charge in [0.2, 0.25) is 5.28 Å². The molecule has 0 amide bonds. The fraction of sp³-hybridized carbons (Fsp3) is 0.389. The van der Waals surface area contributed by atoms with Crippen LogP contribution < -0.4 is 5.32 Å². The molecule has 1 aliphatic heterocycles. The van der Waals surface area contributed by atoms with Gasteiger partial charge in [0, 0.05) is 13.5 Å². The summed E-state index contributed by atoms with van der Waals surface area (Å²) < 4.78 is 12.6. The second-order valence-electron chi connectivity index (χ2n) is 6.48. The van der Waals surface area contributed by atoms with Crippen LogP contribution in [0, 0.1) is 0 Å². The fourth-order valence-corrected chi connectivity index (χ4v) is 3.27. The molecule has 0 bridgehead atoms. The van der Waals surface area contributed by atoms with E-state index in [-0.39, 0.29) is 30.2 Å². The van der Waals surface area contributed by atoms with E-state index in [1.54, 1.807) is 4.68 Å². The average Bonchev–Trinajstić information content (AvgIpc) is 3.32. The Morgan fingerprint density at radius 2 is 2.14 bits per heavy atom. The number of hydrogen-bond donors (Lipinski definition) is 1. The first kappa shape index (κ1) is 18.6. The summed E-state index contributed by atoms with van der Waals surface area (Å²) in [5, 5.41) is 11.8. The van der Waals surface area contributed by atoms with Crippen LogP contribution >= 0.6 is 11.6 Å². The number of benzene rings is 1. The molecule has 3 heterocycles. The van der Waals surface area contributed by atoms with E-state index in [9.17, 15) is 4.79 Å². The zero-order valence-corrected chi connectivity index (χ0v) is 16.0. The minimum atomic E-state index is -0.349. The minimum absolute atomic E-state index is 0.0982. The van der Waals surface area contributed by atoms with Gasteiger partial charge >= 0.3 is 5.97 Å². The summed E-state index contributed by atoms with van der Waals surface area (Å²) in [4.78, 5) is 19.5. The summed E-state index contributed by atoms with van der Waals surface area (Å²) in [6.07, 6.45) is 0.926. The van der Waals surface area contributed by atoms with Crippen LogP contribution in [0.15, 0.2) is 30.3 Å². The van der Waals surface area contributed by atoms with Gasteiger partial charge in [0.25, 0.3) is 0 Å². The molecule has 9 nitrogen and oxygen atoms in total. The van der Waals surface area contributed by atoms with E-state index in [0.717, 1.165) is 12.0 Å². The number of nitrogens with one attached hydrogen (secondary N) is 1. The predicted molar refractivity (Wildman–Crippen MR) is 102 cm³/mol. The molecule has 4 rings (SSSR count). The molecular formula is C18H19ClN6O3. The summed E-state index contributed by atoms with van der Waals surface area (Å²) in [5.41, 5.74) is 2.12. The number of hydrogen-bond acceptors (Lipinski definition) is 8. The maximum Gasteiger partial charge on any atom is 0.302 e. The third-order valence-electron chi connectivity index (χ3n) is 4.43. The summed E-state index contributed by atoms with van der Waals surface area (Å²) in [7, 11) is 0. The number of fused-ring (bicyclic) bond motifs is 1. The van der Waals surface area contributed by atoms with Gasteiger partial charge in [-0.15, -0.1) is 5.10 Å². The van der Waals surface area contributed by atoms with E-state index in [4.69, 9.17) is 21.1 Å². The number of rotatable bonds is 6. The van der Waals surface area contributed by atoms with E-state index in [1.807, 2.05) is 30.3 Å². The summed E-state index contributed by atoms with van der Waals surface area (Å²) >= 11 is 6.12. The molecule has 1 saturated heterocycles. The molecular weight excluding hydrogens is 384 g/mol. The van der Waals surface area contributed by atoms with Crippen molar-refractivity contribution < 1.29 is 14.3 Å². The lowest BCUT2D eigenvalue weighted by Crippen LogP contribution is -2.19. The molecule has 0 spiro atoms. The van der Waals surface area contributed by atoms with Crippen molar-refractivity contribution in [3.05, 3.63) is 41.2 Å². The normalized spacial score (nSPS) is 19.1. The van der Waals surface area contributed by atoms with E-state index in [1.165, 1.54) is 6.92 Å². The maximum atomic E-state index is 11.0. The first-order valence-electron chi connectivity index (χ1n) is 8.95. The molecule has 1 aromatic carbocycles. The van der Waals surface area contributed by atoms with E-state index in [2.05, 4.69) is 25.6 Å². The highest BCUT2D eigenvalue weighted by atomic mass is 35.5. The molecule has 1 N–H and O–H groups in total. The van der Waals surface area contributed by atoms with E-state index < -0.39 is 0 Å². The Balaban J connectivity index is 1.53. The molecule has 2 atom stereocenters. The molecule has 0 aliphatic carbocycles. The van der Waals surface area contributed by atoms with Crippen LogP contribution in [0.3, 0.4) is 0 Å². The Morgan fingerprint density at radius 3 is 2.93 bits per heavy atom. The van der Waals surface area contributed by atoms with Crippen LogP contribution in [0.25, 0.3) is 11.2 Å². The molecule has 146 valence electrons. The van der Waals surface area contributed by atoms with Crippen LogP contribution in [-0.2, 0) is 20.8 Å². The second kappa shape index (κ2) is 8.07. The Hall–Kier alpha value is -2.78. The Morgan fingerprint density at radius 1 is 1.32 bits per heavy atom. The summed E-state index contributed by atoms with van der Waals surface area (Å²) in [5.74, 6) is 0.187. The quantitative estimate of drug-likeness (QED) is 0.495. The predicted octanol–water partition coefficient (Wildman–Crippen LogP) is 2.73. The number of ether oxygens (including phenoxy) is 2. The van der Waals surface area contributed by atoms with Gasteiger partial charge in [-0.25, -0.2) is 0 Å². The van der Waals surface area contributed by atoms with Gasteiger partial charge in [0.15, 0.2) is 23.2 Å². The third-order valence-corrected chi connectivity index (χ3v) is 4.60. The first-order valence-corrected chi connectivity index (χ1v) is 9.33. The standard InChI is InChI=1S/C18H19ClN6O3/c1-11(26)27-10-13-7-8-14(28-13)25-17-15(23-24-25)16(21-18(19)22-17)20-9-12-5-3-2-4-6-12/h2-6,13-14H,7-10H2,1H3,(H,20,21,22)/t13-,14+/m0/s1. The van der Waals surface area contributed by atoms with Gasteiger partial charge in [0.05, 0.1) is 6.10 Å². The number of halogens is 1. The molecule has 2 aromatic heterocycles. The van der Waals surface area contributed by atoms with Gasteiger partial charge in [0.1, 0.15) is 6.61 Å². The fourth-order valence-electron chi connectivity index (χ4n) is 3.10. The first-order chi connectivity index (χ1) is 13.6. The van der Waals surface area contributed by atoms with Crippen molar-refractivity contribution >= 4 is 34.6 Å². The molecule has 0 saturated carbocycles. The van der Waals surface area contributed by atoms with E-state index in [0.29, 0.717) is 29.9 Å². The zero-order valence-electron chi connectivity index (χ0n) is 15.2. The average molecular weight is 403 g/mol. The number of carbonyl (C=O) groups excluding carboxylic acids is 1. The summed E-state index contributed by atoms with van der Waals surface area (Å²) in [6, 6.07) is 9.93. The topological polar surface area (TPSA) is 104 Å². The highest BCUT2D eigenvalue weighted by Crippen LogP contribution is 2.31. The lowest BCUT2D eigenvalue weighted by molar-refractivity contribution is -0.145. The number of esters is 1. The number of anilines is 1. The number of carbonyl (C=O) groups is 1. The highest BCUT2D eigenvalue weighted by molar-refractivity contribution is 6.28. The van der Waals surface area contributed by atoms with Crippen LogP contribution in [0.5, 0.6) is 0 Å². The highest BCUT2D eigenvalue weighted by Gasteiger charge is 2.30. The van der Waals surface area contributed by atoms with Crippen LogP contribution in [0.2, 0.25) is 5.28 Å². The van der Waals surface area contributed by atoms with Crippen molar-refractivity contribution in [3.63, 3.8) is 0 Å². The molecule has 0 radical (unpaired) electrons. The van der Waals surface area contributed by atoms with Crippen molar-refractivity contribution in [2.45, 2.75) is 38.6 Å². The van der Waals surface area contributed by atoms with Crippen molar-refractivity contribution in [1.82, 2.24) is 25.0 Å². The molecule has 1 aliphatic rings. The molecule has 28 heavy (non-hydrogen) atoms. The Kier molecular flexibility index (Phi) is 5.36. The lowest BCUT2D eigenvalue weighted by Gasteiger charge is -2.14. The second-order valence-corrected chi connectivity index (χ2v) is 6.82. The van der Waals surface area contributed by atoms with Crippen molar-refractivity contribution in [2.24, 2.45) is 0 Å². The number of nitrogens with zero attached hydrogens (tertiary/aromatic N) is 5. The third kappa shape index (κ3) is 4.05. The van der Waals surface area contributed by atoms with Gasteiger partial charge in [-0.2, -0.15) is 14.6 Å². The van der Waals surface area contributed by atoms with Crippen molar-refractivity contribution in [1.29, 1.82) is 0 Å². The van der Waals surface area contributed by atoms with Gasteiger partial charge in [-0.3, -0.25) is 4.79 Å². The Labute approximate surface area is 166 Å². The van der Waals surface area contributed by atoms with Crippen molar-refractivity contribution in [3.8, 4) is 0 Å². The smallest absolute Gasteiger partial charge is 0.302 e. The van der Waals surface area contributed by atoms with Gasteiger partial charge in [-0.1, -0.05) is 35.5 Å². The monoisotopic (exact) mass is 402 g/mol. The van der Waals surface area contributed by atoms with Crippen LogP contribution in [0.4, 0.5) is 5.82 Å². The molecule has 10 heteroatoms. The number of aromatic nitrogens is 5. The summed E-state index contributed by atoms with van der Waals surface area (Å²) in [6.45, 7) is 2.17. The molecule has 1 fully saturated rings. The molecule has 3 aromatic rings. The SMILES string of the molecule is CC(=O)OC[C@@H]1CC[C@H](n2nnc3c(NCc4ccccc4)nc(Cl)nc32)O1. The van der Waals surface area contributed by atoms with Crippen molar-refractivity contribution in [2.75, 3.05) is 11.9 Å². The minimum Gasteiger partial charge on any atom is -0.463 e. The molecule has 0 unspecified atom stereocenters. The van der Waals surface area contributed by atoms with Gasteiger partial charge < -0.3 is 14.8 Å². The maximum absolute atomic E-state index is 11.0.